The fraction of sp³-hybridized carbons (Fsp3) is 0.556. The van der Waals surface area contributed by atoms with Gasteiger partial charge in [0, 0.05) is 26.5 Å². The highest BCUT2D eigenvalue weighted by Crippen LogP contribution is 1.97. The highest BCUT2D eigenvalue weighted by molar-refractivity contribution is 5.66. The molecule has 1 N–H and O–H groups in total. The maximum Gasteiger partial charge on any atom is 0.409 e. The van der Waals surface area contributed by atoms with E-state index in [9.17, 15) is 4.79 Å². The Hall–Kier alpha value is -1.56. The molecule has 0 aliphatic carbocycles. The smallest absolute Gasteiger partial charge is 0.409 e. The van der Waals surface area contributed by atoms with Crippen LogP contribution in [0.5, 0.6) is 0 Å². The van der Waals surface area contributed by atoms with E-state index in [1.165, 1.54) is 4.90 Å². The predicted octanol–water partition coefficient (Wildman–Crippen LogP) is 0.0736. The molecule has 1 amide bonds. The third kappa shape index (κ3) is 3.25. The van der Waals surface area contributed by atoms with Gasteiger partial charge in [0.1, 0.15) is 19.0 Å². The number of aromatic nitrogens is 2. The summed E-state index contributed by atoms with van der Waals surface area (Å²) in [5.41, 5.74) is 0. The number of carbonyl (C=O) groups is 1. The number of rotatable bonds is 4. The summed E-state index contributed by atoms with van der Waals surface area (Å²) >= 11 is 0. The minimum absolute atomic E-state index is 0.116. The lowest BCUT2D eigenvalue weighted by molar-refractivity contribution is 0.114. The van der Waals surface area contributed by atoms with Gasteiger partial charge >= 0.3 is 6.09 Å². The van der Waals surface area contributed by atoms with E-state index in [4.69, 9.17) is 9.84 Å². The van der Waals surface area contributed by atoms with Crippen molar-refractivity contribution in [3.8, 4) is 0 Å². The van der Waals surface area contributed by atoms with Crippen molar-refractivity contribution in [3.63, 3.8) is 0 Å². The van der Waals surface area contributed by atoms with E-state index in [1.54, 1.807) is 31.1 Å². The van der Waals surface area contributed by atoms with Crippen LogP contribution in [0.1, 0.15) is 5.82 Å². The molecule has 0 radical (unpaired) electrons. The van der Waals surface area contributed by atoms with Crippen molar-refractivity contribution in [3.05, 3.63) is 18.2 Å². The third-order valence-electron chi connectivity index (χ3n) is 1.87. The van der Waals surface area contributed by atoms with Crippen LogP contribution in [0.2, 0.25) is 0 Å². The largest absolute Gasteiger partial charge is 0.448 e. The van der Waals surface area contributed by atoms with E-state index in [1.807, 2.05) is 0 Å². The molecule has 84 valence electrons. The average Bonchev–Trinajstić information content (AvgIpc) is 2.65. The summed E-state index contributed by atoms with van der Waals surface area (Å²) in [6, 6.07) is 0. The van der Waals surface area contributed by atoms with E-state index in [2.05, 4.69) is 4.98 Å². The molecule has 0 atom stereocenters. The molecule has 1 rings (SSSR count). The molecule has 15 heavy (non-hydrogen) atoms. The van der Waals surface area contributed by atoms with Gasteiger partial charge in [0.05, 0.1) is 6.54 Å². The molecule has 0 saturated heterocycles. The van der Waals surface area contributed by atoms with Crippen LogP contribution in [-0.4, -0.2) is 46.4 Å². The van der Waals surface area contributed by atoms with Crippen LogP contribution >= 0.6 is 0 Å². The van der Waals surface area contributed by atoms with Gasteiger partial charge in [-0.05, 0) is 0 Å². The van der Waals surface area contributed by atoms with E-state index < -0.39 is 0 Å². The van der Waals surface area contributed by atoms with E-state index >= 15 is 0 Å². The Morgan fingerprint density at radius 2 is 2.40 bits per heavy atom. The minimum atomic E-state index is -0.374. The Morgan fingerprint density at radius 3 is 3.00 bits per heavy atom. The molecule has 0 bridgehead atoms. The van der Waals surface area contributed by atoms with Gasteiger partial charge in [0.2, 0.25) is 0 Å². The van der Waals surface area contributed by atoms with Crippen molar-refractivity contribution in [1.29, 1.82) is 0 Å². The molecule has 0 aromatic carbocycles. The molecule has 1 aromatic heterocycles. The molecule has 1 aromatic rings. The number of aliphatic hydroxyl groups is 1. The van der Waals surface area contributed by atoms with Gasteiger partial charge in [0.25, 0.3) is 0 Å². The summed E-state index contributed by atoms with van der Waals surface area (Å²) in [7, 11) is 3.25. The van der Waals surface area contributed by atoms with Gasteiger partial charge in [-0.3, -0.25) is 0 Å². The van der Waals surface area contributed by atoms with Crippen LogP contribution in [0, 0.1) is 0 Å². The van der Waals surface area contributed by atoms with Gasteiger partial charge in [0.15, 0.2) is 0 Å². The molecule has 0 aliphatic heterocycles. The second-order valence-electron chi connectivity index (χ2n) is 3.20. The maximum atomic E-state index is 11.1. The number of aliphatic hydroxyl groups excluding tert-OH is 1. The zero-order valence-electron chi connectivity index (χ0n) is 8.88. The van der Waals surface area contributed by atoms with Crippen LogP contribution in [0.25, 0.3) is 0 Å². The van der Waals surface area contributed by atoms with Crippen molar-refractivity contribution in [2.75, 3.05) is 20.7 Å². The molecule has 0 saturated carbocycles. The van der Waals surface area contributed by atoms with Gasteiger partial charge in [-0.25, -0.2) is 9.78 Å². The Labute approximate surface area is 88.1 Å². The van der Waals surface area contributed by atoms with E-state index in [-0.39, 0.29) is 19.3 Å². The Kier molecular flexibility index (Phi) is 4.11. The highest BCUT2D eigenvalue weighted by Gasteiger charge is 2.05. The van der Waals surface area contributed by atoms with Crippen molar-refractivity contribution in [1.82, 2.24) is 14.5 Å². The number of carbonyl (C=O) groups excluding carboxylic acids is 1. The maximum absolute atomic E-state index is 11.1. The topological polar surface area (TPSA) is 67.6 Å². The van der Waals surface area contributed by atoms with Crippen LogP contribution in [-0.2, 0) is 17.9 Å². The quantitative estimate of drug-likeness (QED) is 0.768. The van der Waals surface area contributed by atoms with Crippen molar-refractivity contribution in [2.45, 2.75) is 13.2 Å². The van der Waals surface area contributed by atoms with Crippen LogP contribution in [0.3, 0.4) is 0 Å². The first-order chi connectivity index (χ1) is 7.15. The van der Waals surface area contributed by atoms with Crippen LogP contribution in [0.4, 0.5) is 4.79 Å². The summed E-state index contributed by atoms with van der Waals surface area (Å²) in [5, 5.41) is 8.90. The molecule has 6 heteroatoms. The third-order valence-corrected chi connectivity index (χ3v) is 1.87. The van der Waals surface area contributed by atoms with Gasteiger partial charge in [-0.15, -0.1) is 0 Å². The lowest BCUT2D eigenvalue weighted by atomic mass is 10.6. The Bertz CT molecular complexity index is 322. The molecule has 1 heterocycles. The first-order valence-electron chi connectivity index (χ1n) is 4.60. The average molecular weight is 213 g/mol. The van der Waals surface area contributed by atoms with Crippen LogP contribution in [0.15, 0.2) is 12.4 Å². The summed E-state index contributed by atoms with van der Waals surface area (Å²) in [5.74, 6) is 0.566. The number of ether oxygens (including phenoxy) is 1. The van der Waals surface area contributed by atoms with E-state index in [0.717, 1.165) is 0 Å². The minimum Gasteiger partial charge on any atom is -0.448 e. The number of hydrogen-bond acceptors (Lipinski definition) is 4. The predicted molar refractivity (Wildman–Crippen MR) is 53.2 cm³/mol. The first kappa shape index (κ1) is 11.5. The van der Waals surface area contributed by atoms with Crippen molar-refractivity contribution < 1.29 is 14.6 Å². The monoisotopic (exact) mass is 213 g/mol. The SMILES string of the molecule is CN(C)C(=O)OCCn1ccnc1CO. The second-order valence-corrected chi connectivity index (χ2v) is 3.20. The molecule has 6 nitrogen and oxygen atoms in total. The summed E-state index contributed by atoms with van der Waals surface area (Å²) in [4.78, 5) is 16.3. The fourth-order valence-corrected chi connectivity index (χ4v) is 1.06. The number of hydrogen-bond donors (Lipinski definition) is 1. The first-order valence-corrected chi connectivity index (χ1v) is 4.60. The highest BCUT2D eigenvalue weighted by atomic mass is 16.6. The zero-order chi connectivity index (χ0) is 11.3. The van der Waals surface area contributed by atoms with Gasteiger partial charge < -0.3 is 19.3 Å². The number of imidazole rings is 1. The molecule has 0 unspecified atom stereocenters. The van der Waals surface area contributed by atoms with Gasteiger partial charge in [-0.1, -0.05) is 0 Å². The molecular formula is C9H15N3O3. The molecule has 0 spiro atoms. The number of amides is 1. The van der Waals surface area contributed by atoms with Crippen molar-refractivity contribution in [2.24, 2.45) is 0 Å². The van der Waals surface area contributed by atoms with E-state index in [0.29, 0.717) is 12.4 Å². The second kappa shape index (κ2) is 5.35. The Morgan fingerprint density at radius 1 is 1.67 bits per heavy atom. The summed E-state index contributed by atoms with van der Waals surface area (Å²) in [6.45, 7) is 0.643. The lowest BCUT2D eigenvalue weighted by Crippen LogP contribution is -2.24. The fourth-order valence-electron chi connectivity index (χ4n) is 1.06. The lowest BCUT2D eigenvalue weighted by Gasteiger charge is -2.11. The van der Waals surface area contributed by atoms with Crippen molar-refractivity contribution >= 4 is 6.09 Å². The Balaban J connectivity index is 2.35. The molecule has 0 aliphatic rings. The van der Waals surface area contributed by atoms with Crippen LogP contribution < -0.4 is 0 Å². The molecule has 0 fully saturated rings. The normalized spacial score (nSPS) is 10.1. The summed E-state index contributed by atoms with van der Waals surface area (Å²) < 4.78 is 6.67. The standard InChI is InChI=1S/C9H15N3O3/c1-11(2)9(14)15-6-5-12-4-3-10-8(12)7-13/h3-4,13H,5-7H2,1-2H3. The number of nitrogens with zero attached hydrogens (tertiary/aromatic N) is 3. The molecular weight excluding hydrogens is 198 g/mol. The van der Waals surface area contributed by atoms with Gasteiger partial charge in [-0.2, -0.15) is 0 Å². The summed E-state index contributed by atoms with van der Waals surface area (Å²) in [6.07, 6.45) is 2.95. The zero-order valence-corrected chi connectivity index (χ0v) is 8.88.